The number of nitro benzene ring substituents is 1. The van der Waals surface area contributed by atoms with Crippen LogP contribution in [0.3, 0.4) is 0 Å². The van der Waals surface area contributed by atoms with Crippen molar-refractivity contribution in [1.82, 2.24) is 5.32 Å². The van der Waals surface area contributed by atoms with Crippen LogP contribution in [0.2, 0.25) is 0 Å². The Morgan fingerprint density at radius 2 is 1.41 bits per heavy atom. The number of nitro groups is 1. The van der Waals surface area contributed by atoms with Crippen molar-refractivity contribution in [2.45, 2.75) is 103 Å². The molecule has 32 heavy (non-hydrogen) atoms. The summed E-state index contributed by atoms with van der Waals surface area (Å²) in [5.41, 5.74) is 0.336. The summed E-state index contributed by atoms with van der Waals surface area (Å²) < 4.78 is 0. The van der Waals surface area contributed by atoms with Crippen LogP contribution in [-0.4, -0.2) is 33.7 Å². The van der Waals surface area contributed by atoms with Crippen LogP contribution in [0.4, 0.5) is 5.69 Å². The average Bonchev–Trinajstić information content (AvgIpc) is 2.77. The largest absolute Gasteiger partial charge is 0.394 e. The maximum Gasteiger partial charge on any atom is 0.269 e. The summed E-state index contributed by atoms with van der Waals surface area (Å²) in [6.07, 6.45) is 13.9. The van der Waals surface area contributed by atoms with E-state index < -0.39 is 23.7 Å². The molecule has 0 aliphatic carbocycles. The highest BCUT2D eigenvalue weighted by Gasteiger charge is 2.22. The molecule has 2 atom stereocenters. The monoisotopic (exact) mass is 472 g/mol. The molecular formula is C24H41ClN2O5. The van der Waals surface area contributed by atoms with Crippen LogP contribution >= 0.6 is 12.4 Å². The third-order valence-electron chi connectivity index (χ3n) is 5.63. The molecule has 0 saturated carbocycles. The van der Waals surface area contributed by atoms with Crippen molar-refractivity contribution in [2.24, 2.45) is 0 Å². The van der Waals surface area contributed by atoms with Gasteiger partial charge in [-0.15, -0.1) is 12.4 Å². The molecule has 0 aliphatic rings. The number of amides is 1. The minimum absolute atomic E-state index is 0. The summed E-state index contributed by atoms with van der Waals surface area (Å²) in [5.74, 6) is -0.202. The molecule has 0 saturated heterocycles. The molecule has 1 aromatic carbocycles. The number of hydrogen-bond acceptors (Lipinski definition) is 5. The van der Waals surface area contributed by atoms with Crippen LogP contribution in [0.5, 0.6) is 0 Å². The van der Waals surface area contributed by atoms with Crippen LogP contribution in [0.15, 0.2) is 24.3 Å². The molecule has 1 aromatic rings. The number of hydrogen-bond donors (Lipinski definition) is 3. The van der Waals surface area contributed by atoms with Gasteiger partial charge >= 0.3 is 0 Å². The third kappa shape index (κ3) is 13.0. The van der Waals surface area contributed by atoms with Gasteiger partial charge in [-0.1, -0.05) is 77.6 Å². The molecule has 1 rings (SSSR count). The molecule has 0 aliphatic heterocycles. The zero-order chi connectivity index (χ0) is 22.9. The standard InChI is InChI=1S/C24H40N2O5.ClH/c1-2-3-4-5-6-7-8-9-10-11-12-13-14-23(28)25-22(19-27)24(29)20-15-17-21(18-16-20)26(30)31;/h15-18,22,24,27,29H,2-14,19H2,1H3,(H,25,28);1H/t22-,24-;/m1./s1. The van der Waals surface area contributed by atoms with E-state index in [1.807, 2.05) is 0 Å². The van der Waals surface area contributed by atoms with Crippen molar-refractivity contribution >= 4 is 24.0 Å². The number of rotatable bonds is 18. The van der Waals surface area contributed by atoms with Crippen molar-refractivity contribution in [2.75, 3.05) is 6.61 Å². The minimum atomic E-state index is -1.13. The number of carbonyl (C=O) groups excluding carboxylic acids is 1. The lowest BCUT2D eigenvalue weighted by Crippen LogP contribution is -2.41. The Kier molecular flexibility index (Phi) is 17.8. The second-order valence-corrected chi connectivity index (χ2v) is 8.29. The predicted octanol–water partition coefficient (Wildman–Crippen LogP) is 5.62. The van der Waals surface area contributed by atoms with Crippen molar-refractivity contribution in [1.29, 1.82) is 0 Å². The highest BCUT2D eigenvalue weighted by atomic mass is 35.5. The summed E-state index contributed by atoms with van der Waals surface area (Å²) in [6.45, 7) is 1.82. The number of aliphatic hydroxyl groups excluding tert-OH is 2. The number of nitrogens with one attached hydrogen (secondary N) is 1. The van der Waals surface area contributed by atoms with Gasteiger partial charge in [0.1, 0.15) is 6.10 Å². The van der Waals surface area contributed by atoms with Gasteiger partial charge in [0.25, 0.3) is 5.69 Å². The topological polar surface area (TPSA) is 113 Å². The van der Waals surface area contributed by atoms with E-state index in [1.165, 1.54) is 82.1 Å². The number of carbonyl (C=O) groups is 1. The van der Waals surface area contributed by atoms with Crippen LogP contribution < -0.4 is 5.32 Å². The first-order chi connectivity index (χ1) is 15.0. The molecule has 0 unspecified atom stereocenters. The lowest BCUT2D eigenvalue weighted by Gasteiger charge is -2.22. The molecule has 0 radical (unpaired) electrons. The first-order valence-corrected chi connectivity index (χ1v) is 11.8. The number of nitrogens with zero attached hydrogens (tertiary/aromatic N) is 1. The van der Waals surface area contributed by atoms with Crippen LogP contribution in [0.25, 0.3) is 0 Å². The Morgan fingerprint density at radius 3 is 1.84 bits per heavy atom. The fourth-order valence-corrected chi connectivity index (χ4v) is 3.66. The van der Waals surface area contributed by atoms with Crippen molar-refractivity contribution in [3.8, 4) is 0 Å². The zero-order valence-electron chi connectivity index (χ0n) is 19.3. The SMILES string of the molecule is CCCCCCCCCCCCCCC(=O)N[C@H](CO)[C@H](O)c1ccc([N+](=O)[O-])cc1.Cl. The maximum atomic E-state index is 12.2. The van der Waals surface area contributed by atoms with Gasteiger partial charge in [0, 0.05) is 18.6 Å². The highest BCUT2D eigenvalue weighted by Crippen LogP contribution is 2.20. The van der Waals surface area contributed by atoms with E-state index in [2.05, 4.69) is 12.2 Å². The predicted molar refractivity (Wildman–Crippen MR) is 130 cm³/mol. The normalized spacial score (nSPS) is 12.6. The number of benzene rings is 1. The van der Waals surface area contributed by atoms with E-state index in [0.29, 0.717) is 12.0 Å². The summed E-state index contributed by atoms with van der Waals surface area (Å²) in [5, 5.41) is 33.3. The Bertz CT molecular complexity index is 627. The van der Waals surface area contributed by atoms with Gasteiger partial charge in [-0.2, -0.15) is 0 Å². The molecule has 1 amide bonds. The molecule has 0 bridgehead atoms. The molecule has 0 heterocycles. The van der Waals surface area contributed by atoms with Gasteiger partial charge in [0.2, 0.25) is 5.91 Å². The van der Waals surface area contributed by atoms with Gasteiger partial charge in [0.05, 0.1) is 17.6 Å². The Balaban J connectivity index is 0.00000961. The fourth-order valence-electron chi connectivity index (χ4n) is 3.66. The smallest absolute Gasteiger partial charge is 0.269 e. The van der Waals surface area contributed by atoms with E-state index in [-0.39, 0.29) is 24.0 Å². The fraction of sp³-hybridized carbons (Fsp3) is 0.708. The Hall–Kier alpha value is -1.70. The van der Waals surface area contributed by atoms with Crippen molar-refractivity contribution < 1.29 is 19.9 Å². The van der Waals surface area contributed by atoms with Gasteiger partial charge in [-0.25, -0.2) is 0 Å². The van der Waals surface area contributed by atoms with Gasteiger partial charge in [-0.05, 0) is 24.1 Å². The van der Waals surface area contributed by atoms with E-state index in [9.17, 15) is 25.1 Å². The van der Waals surface area contributed by atoms with Crippen molar-refractivity contribution in [3.63, 3.8) is 0 Å². The van der Waals surface area contributed by atoms with Gasteiger partial charge < -0.3 is 15.5 Å². The molecular weight excluding hydrogens is 432 g/mol. The minimum Gasteiger partial charge on any atom is -0.394 e. The summed E-state index contributed by atoms with van der Waals surface area (Å²) >= 11 is 0. The number of unbranched alkanes of at least 4 members (excludes halogenated alkanes) is 11. The lowest BCUT2D eigenvalue weighted by molar-refractivity contribution is -0.384. The van der Waals surface area contributed by atoms with Crippen LogP contribution in [0, 0.1) is 10.1 Å². The maximum absolute atomic E-state index is 12.2. The van der Waals surface area contributed by atoms with Gasteiger partial charge in [0.15, 0.2) is 0 Å². The van der Waals surface area contributed by atoms with E-state index in [0.717, 1.165) is 19.3 Å². The second kappa shape index (κ2) is 18.8. The zero-order valence-corrected chi connectivity index (χ0v) is 20.2. The highest BCUT2D eigenvalue weighted by molar-refractivity contribution is 5.85. The Morgan fingerprint density at radius 1 is 0.938 bits per heavy atom. The molecule has 3 N–H and O–H groups in total. The van der Waals surface area contributed by atoms with Crippen molar-refractivity contribution in [3.05, 3.63) is 39.9 Å². The molecule has 0 spiro atoms. The van der Waals surface area contributed by atoms with E-state index in [4.69, 9.17) is 0 Å². The number of non-ortho nitro benzene ring substituents is 1. The first-order valence-electron chi connectivity index (χ1n) is 11.8. The molecule has 184 valence electrons. The number of aliphatic hydroxyl groups is 2. The second-order valence-electron chi connectivity index (χ2n) is 8.29. The lowest BCUT2D eigenvalue weighted by atomic mass is 10.0. The molecule has 7 nitrogen and oxygen atoms in total. The van der Waals surface area contributed by atoms with Gasteiger partial charge in [-0.3, -0.25) is 14.9 Å². The summed E-state index contributed by atoms with van der Waals surface area (Å²) in [6, 6.07) is 4.61. The quantitative estimate of drug-likeness (QED) is 0.146. The molecule has 8 heteroatoms. The molecule has 0 aromatic heterocycles. The summed E-state index contributed by atoms with van der Waals surface area (Å²) in [7, 11) is 0. The van der Waals surface area contributed by atoms with Crippen LogP contribution in [-0.2, 0) is 4.79 Å². The average molecular weight is 473 g/mol. The number of halogens is 1. The van der Waals surface area contributed by atoms with Crippen LogP contribution in [0.1, 0.15) is 102 Å². The molecule has 0 fully saturated rings. The third-order valence-corrected chi connectivity index (χ3v) is 5.63. The Labute approximate surface area is 198 Å². The van der Waals surface area contributed by atoms with E-state index in [1.54, 1.807) is 0 Å². The summed E-state index contributed by atoms with van der Waals surface area (Å²) in [4.78, 5) is 22.4. The first kappa shape index (κ1) is 30.3. The van der Waals surface area contributed by atoms with E-state index >= 15 is 0 Å².